The minimum absolute atomic E-state index is 0.0507. The topological polar surface area (TPSA) is 170 Å². The van der Waals surface area contributed by atoms with Crippen LogP contribution in [0.5, 0.6) is 0 Å². The molecule has 1 amide bonds. The van der Waals surface area contributed by atoms with E-state index < -0.39 is 60.8 Å². The third-order valence-corrected chi connectivity index (χ3v) is 9.66. The maximum atomic E-state index is 13.7. The minimum Gasteiger partial charge on any atom is -0.490 e. The lowest BCUT2D eigenvalue weighted by Gasteiger charge is -2.34. The van der Waals surface area contributed by atoms with E-state index in [-0.39, 0.29) is 29.2 Å². The Balaban J connectivity index is 3.71. The molecule has 0 fully saturated rings. The highest BCUT2D eigenvalue weighted by Crippen LogP contribution is 2.30. The Morgan fingerprint density at radius 3 is 2.40 bits per heavy atom. The molecule has 0 saturated carbocycles. The van der Waals surface area contributed by atoms with E-state index in [1.807, 2.05) is 45.9 Å². The molecule has 0 aromatic rings. The summed E-state index contributed by atoms with van der Waals surface area (Å²) in [5.41, 5.74) is 7.40. The number of allylic oxidation sites excluding steroid dienone is 7. The molecule has 0 aliphatic carbocycles. The molecule has 294 valence electrons. The van der Waals surface area contributed by atoms with Gasteiger partial charge in [0.15, 0.2) is 6.61 Å². The van der Waals surface area contributed by atoms with Crippen molar-refractivity contribution in [3.63, 3.8) is 0 Å². The lowest BCUT2D eigenvalue weighted by atomic mass is 9.81. The molecular formula is C41H66N2O9. The summed E-state index contributed by atoms with van der Waals surface area (Å²) in [5, 5.41) is 37.6. The van der Waals surface area contributed by atoms with E-state index in [9.17, 15) is 24.9 Å². The van der Waals surface area contributed by atoms with Gasteiger partial charge in [-0.2, -0.15) is 0 Å². The number of amides is 1. The van der Waals surface area contributed by atoms with Gasteiger partial charge in [0, 0.05) is 30.8 Å². The van der Waals surface area contributed by atoms with Gasteiger partial charge in [-0.15, -0.1) is 0 Å². The van der Waals surface area contributed by atoms with Crippen molar-refractivity contribution in [2.24, 2.45) is 46.4 Å². The Morgan fingerprint density at radius 2 is 1.83 bits per heavy atom. The molecule has 0 saturated heterocycles. The number of esters is 1. The maximum Gasteiger partial charge on any atom is 0.373 e. The largest absolute Gasteiger partial charge is 0.490 e. The van der Waals surface area contributed by atoms with Crippen molar-refractivity contribution in [2.45, 2.75) is 112 Å². The summed E-state index contributed by atoms with van der Waals surface area (Å²) in [6.45, 7) is 16.8. The van der Waals surface area contributed by atoms with E-state index in [0.717, 1.165) is 30.4 Å². The molecule has 0 aromatic carbocycles. The first kappa shape index (κ1) is 46.5. The number of oxime groups is 1. The molecule has 1 rings (SSSR count). The highest BCUT2D eigenvalue weighted by atomic mass is 16.6. The number of carbonyl (C=O) groups excluding carboxylic acids is 2. The Kier molecular flexibility index (Phi) is 21.4. The minimum atomic E-state index is -1.17. The lowest BCUT2D eigenvalue weighted by Crippen LogP contribution is -2.45. The van der Waals surface area contributed by atoms with Gasteiger partial charge in [-0.25, -0.2) is 4.79 Å². The smallest absolute Gasteiger partial charge is 0.373 e. The molecule has 11 nitrogen and oxygen atoms in total. The SMILES string of the molecule is C/C=C/C(O)C(C)/C=C/C(=N\OCC(N)=O)C(C)C(O)C(C)C1OC(=O)/C(OC)=C/C(C)=C/C(C)C(O)C(CC)CC(C)C/C(C)=C/C=C/C1OC. The summed E-state index contributed by atoms with van der Waals surface area (Å²) >= 11 is 0. The van der Waals surface area contributed by atoms with Crippen LogP contribution in [0.1, 0.15) is 81.6 Å². The number of primary amides is 1. The van der Waals surface area contributed by atoms with Crippen LogP contribution < -0.4 is 5.73 Å². The summed E-state index contributed by atoms with van der Waals surface area (Å²) in [5.74, 6) is -2.98. The van der Waals surface area contributed by atoms with Crippen molar-refractivity contribution in [1.29, 1.82) is 0 Å². The van der Waals surface area contributed by atoms with E-state index >= 15 is 0 Å². The van der Waals surface area contributed by atoms with Gasteiger partial charge in [0.05, 0.1) is 31.1 Å². The van der Waals surface area contributed by atoms with E-state index in [1.165, 1.54) is 14.2 Å². The number of methoxy groups -OCH3 is 2. The van der Waals surface area contributed by atoms with Crippen molar-refractivity contribution in [3.8, 4) is 0 Å². The molecule has 11 heteroatoms. The van der Waals surface area contributed by atoms with Gasteiger partial charge < -0.3 is 40.1 Å². The van der Waals surface area contributed by atoms with E-state index in [0.29, 0.717) is 5.92 Å². The van der Waals surface area contributed by atoms with Gasteiger partial charge in [0.2, 0.25) is 5.76 Å². The van der Waals surface area contributed by atoms with Crippen LogP contribution in [0.25, 0.3) is 0 Å². The third kappa shape index (κ3) is 15.6. The zero-order valence-corrected chi connectivity index (χ0v) is 33.2. The van der Waals surface area contributed by atoms with Crippen molar-refractivity contribution in [1.82, 2.24) is 0 Å². The van der Waals surface area contributed by atoms with Crippen LogP contribution in [-0.2, 0) is 28.6 Å². The number of cyclic esters (lactones) is 1. The van der Waals surface area contributed by atoms with Crippen LogP contribution in [-0.4, -0.2) is 84.3 Å². The van der Waals surface area contributed by atoms with Gasteiger partial charge in [0.25, 0.3) is 5.91 Å². The molecule has 1 aliphatic heterocycles. The van der Waals surface area contributed by atoms with Crippen LogP contribution in [0.4, 0.5) is 0 Å². The Hall–Kier alpha value is -3.51. The van der Waals surface area contributed by atoms with Crippen LogP contribution in [0, 0.1) is 35.5 Å². The molecule has 52 heavy (non-hydrogen) atoms. The van der Waals surface area contributed by atoms with Crippen molar-refractivity contribution in [3.05, 3.63) is 71.6 Å². The van der Waals surface area contributed by atoms with Gasteiger partial charge in [-0.1, -0.05) is 107 Å². The third-order valence-electron chi connectivity index (χ3n) is 9.66. The van der Waals surface area contributed by atoms with E-state index in [2.05, 4.69) is 25.9 Å². The number of rotatable bonds is 14. The number of aliphatic hydroxyl groups excluding tert-OH is 3. The van der Waals surface area contributed by atoms with Crippen LogP contribution in [0.3, 0.4) is 0 Å². The Labute approximate surface area is 312 Å². The lowest BCUT2D eigenvalue weighted by molar-refractivity contribution is -0.161. The van der Waals surface area contributed by atoms with E-state index in [1.54, 1.807) is 50.3 Å². The summed E-state index contributed by atoms with van der Waals surface area (Å²) in [6.07, 6.45) is 14.2. The quantitative estimate of drug-likeness (QED) is 0.0729. The first-order chi connectivity index (χ1) is 24.5. The molecule has 0 radical (unpaired) electrons. The van der Waals surface area contributed by atoms with Crippen molar-refractivity contribution < 1.29 is 44.0 Å². The number of hydrogen-bond acceptors (Lipinski definition) is 10. The Morgan fingerprint density at radius 1 is 1.15 bits per heavy atom. The summed E-state index contributed by atoms with van der Waals surface area (Å²) in [7, 11) is 2.89. The number of nitrogens with zero attached hydrogens (tertiary/aromatic N) is 1. The average Bonchev–Trinajstić information content (AvgIpc) is 3.09. The van der Waals surface area contributed by atoms with Crippen LogP contribution >= 0.6 is 0 Å². The highest BCUT2D eigenvalue weighted by Gasteiger charge is 2.38. The first-order valence-corrected chi connectivity index (χ1v) is 18.4. The first-order valence-electron chi connectivity index (χ1n) is 18.4. The number of aliphatic hydroxyl groups is 3. The second-order valence-electron chi connectivity index (χ2n) is 14.3. The highest BCUT2D eigenvalue weighted by molar-refractivity contribution is 5.96. The number of ether oxygens (including phenoxy) is 3. The number of nitrogens with two attached hydrogens (primary N) is 1. The molecular weight excluding hydrogens is 664 g/mol. The summed E-state index contributed by atoms with van der Waals surface area (Å²) in [4.78, 5) is 30.3. The van der Waals surface area contributed by atoms with Gasteiger partial charge in [-0.05, 0) is 57.6 Å². The normalized spacial score (nSPS) is 31.3. The fraction of sp³-hybridized carbons (Fsp3) is 0.634. The molecule has 11 atom stereocenters. The summed E-state index contributed by atoms with van der Waals surface area (Å²) in [6, 6.07) is 0. The molecule has 1 aliphatic rings. The molecule has 5 N–H and O–H groups in total. The predicted octanol–water partition coefficient (Wildman–Crippen LogP) is 5.97. The fourth-order valence-corrected chi connectivity index (χ4v) is 6.47. The van der Waals surface area contributed by atoms with Crippen molar-refractivity contribution >= 4 is 17.6 Å². The fourth-order valence-electron chi connectivity index (χ4n) is 6.47. The standard InChI is InChI=1S/C41H66N2O9/c1-12-15-34(44)28(6)18-19-33(43-51-24-37(42)45)30(8)39(47)31(9)40-35(49-10)17-14-16-25(3)20-26(4)22-32(13-2)38(46)29(7)21-27(5)23-36(50-11)41(48)52-40/h12,14-19,21,23,26,28-32,34-35,38-40,44,46-47H,13,20,22,24H2,1-11H3,(H2,42,45)/b15-12+,17-14+,19-18+,25-16+,27-21+,36-23-,43-33+. The molecule has 11 unspecified atom stereocenters. The second-order valence-corrected chi connectivity index (χ2v) is 14.3. The molecule has 0 bridgehead atoms. The van der Waals surface area contributed by atoms with Crippen LogP contribution in [0.15, 0.2) is 76.7 Å². The summed E-state index contributed by atoms with van der Waals surface area (Å²) < 4.78 is 17.5. The molecule has 1 heterocycles. The molecule has 0 aromatic heterocycles. The van der Waals surface area contributed by atoms with E-state index in [4.69, 9.17) is 24.8 Å². The van der Waals surface area contributed by atoms with Crippen LogP contribution in [0.2, 0.25) is 0 Å². The number of carbonyl (C=O) groups is 2. The maximum absolute atomic E-state index is 13.7. The zero-order chi connectivity index (χ0) is 39.5. The number of hydrogen-bond donors (Lipinski definition) is 4. The second kappa shape index (κ2) is 23.9. The van der Waals surface area contributed by atoms with Gasteiger partial charge >= 0.3 is 5.97 Å². The van der Waals surface area contributed by atoms with Crippen molar-refractivity contribution in [2.75, 3.05) is 20.8 Å². The molecule has 0 spiro atoms. The zero-order valence-electron chi connectivity index (χ0n) is 33.2. The average molecular weight is 731 g/mol. The monoisotopic (exact) mass is 730 g/mol. The van der Waals surface area contributed by atoms with Gasteiger partial charge in [0.1, 0.15) is 12.2 Å². The predicted molar refractivity (Wildman–Crippen MR) is 206 cm³/mol. The Bertz CT molecular complexity index is 1330. The van der Waals surface area contributed by atoms with Gasteiger partial charge in [-0.3, -0.25) is 4.79 Å².